The summed E-state index contributed by atoms with van der Waals surface area (Å²) in [5, 5.41) is 18.4. The smallest absolute Gasteiger partial charge is 0.136 e. The summed E-state index contributed by atoms with van der Waals surface area (Å²) in [5.41, 5.74) is 0. The van der Waals surface area contributed by atoms with Gasteiger partial charge in [0.2, 0.25) is 0 Å². The van der Waals surface area contributed by atoms with Crippen molar-refractivity contribution < 1.29 is 14.9 Å². The number of aliphatic hydroxyl groups is 2. The van der Waals surface area contributed by atoms with E-state index in [1.807, 2.05) is 13.0 Å². The predicted molar refractivity (Wildman–Crippen MR) is 47.6 cm³/mol. The number of allylic oxidation sites excluding steroid dienone is 3. The van der Waals surface area contributed by atoms with Gasteiger partial charge in [-0.05, 0) is 19.9 Å². The van der Waals surface area contributed by atoms with Crippen LogP contribution in [-0.4, -0.2) is 29.5 Å². The van der Waals surface area contributed by atoms with Gasteiger partial charge in [-0.1, -0.05) is 12.2 Å². The van der Waals surface area contributed by atoms with Crippen LogP contribution < -0.4 is 0 Å². The van der Waals surface area contributed by atoms with Crippen LogP contribution in [-0.2, 0) is 4.74 Å². The van der Waals surface area contributed by atoms with Gasteiger partial charge in [0.15, 0.2) is 0 Å². The first kappa shape index (κ1) is 11.2. The Balaban J connectivity index is 4.33. The Morgan fingerprint density at radius 1 is 1.42 bits per heavy atom. The summed E-state index contributed by atoms with van der Waals surface area (Å²) >= 11 is 0. The van der Waals surface area contributed by atoms with Crippen LogP contribution in [0.2, 0.25) is 0 Å². The fourth-order valence-corrected chi connectivity index (χ4v) is 0.716. The van der Waals surface area contributed by atoms with Crippen molar-refractivity contribution in [3.05, 3.63) is 24.0 Å². The van der Waals surface area contributed by atoms with Gasteiger partial charge < -0.3 is 14.9 Å². The summed E-state index contributed by atoms with van der Waals surface area (Å²) in [6, 6.07) is 0. The zero-order valence-electron chi connectivity index (χ0n) is 7.69. The maximum atomic E-state index is 9.34. The van der Waals surface area contributed by atoms with Crippen LogP contribution in [0.3, 0.4) is 0 Å². The molecule has 0 aromatic rings. The molecule has 2 unspecified atom stereocenters. The van der Waals surface area contributed by atoms with E-state index in [4.69, 9.17) is 9.84 Å². The van der Waals surface area contributed by atoms with Crippen molar-refractivity contribution >= 4 is 0 Å². The van der Waals surface area contributed by atoms with Gasteiger partial charge in [-0.3, -0.25) is 0 Å². The standard InChI is InChI=1S/C9H16O3/c1-4-5-6-8(12-3)9(11)7(2)10/h4-7,9-11H,1-3H3. The zero-order valence-corrected chi connectivity index (χ0v) is 7.69. The van der Waals surface area contributed by atoms with Gasteiger partial charge in [0.1, 0.15) is 11.9 Å². The molecule has 0 amide bonds. The minimum Gasteiger partial charge on any atom is -0.498 e. The van der Waals surface area contributed by atoms with Crippen LogP contribution in [0.5, 0.6) is 0 Å². The van der Waals surface area contributed by atoms with Crippen LogP contribution in [0.25, 0.3) is 0 Å². The van der Waals surface area contributed by atoms with E-state index in [1.54, 1.807) is 12.2 Å². The number of methoxy groups -OCH3 is 1. The average Bonchev–Trinajstić information content (AvgIpc) is 2.05. The van der Waals surface area contributed by atoms with E-state index in [9.17, 15) is 5.11 Å². The first-order chi connectivity index (χ1) is 5.63. The van der Waals surface area contributed by atoms with Gasteiger partial charge in [0.25, 0.3) is 0 Å². The number of ether oxygens (including phenoxy) is 1. The van der Waals surface area contributed by atoms with E-state index in [2.05, 4.69) is 0 Å². The normalized spacial score (nSPS) is 17.9. The van der Waals surface area contributed by atoms with Crippen molar-refractivity contribution in [3.63, 3.8) is 0 Å². The Labute approximate surface area is 73.0 Å². The summed E-state index contributed by atoms with van der Waals surface area (Å²) < 4.78 is 4.88. The number of rotatable bonds is 4. The quantitative estimate of drug-likeness (QED) is 0.488. The van der Waals surface area contributed by atoms with Crippen molar-refractivity contribution in [2.24, 2.45) is 0 Å². The largest absolute Gasteiger partial charge is 0.498 e. The highest BCUT2D eigenvalue weighted by molar-refractivity contribution is 5.11. The van der Waals surface area contributed by atoms with E-state index < -0.39 is 12.2 Å². The van der Waals surface area contributed by atoms with Gasteiger partial charge in [0.05, 0.1) is 13.2 Å². The molecule has 0 aliphatic rings. The molecule has 12 heavy (non-hydrogen) atoms. The Bertz CT molecular complexity index is 171. The summed E-state index contributed by atoms with van der Waals surface area (Å²) in [7, 11) is 1.46. The van der Waals surface area contributed by atoms with Crippen molar-refractivity contribution in [2.75, 3.05) is 7.11 Å². The first-order valence-corrected chi connectivity index (χ1v) is 3.86. The summed E-state index contributed by atoms with van der Waals surface area (Å²) in [5.74, 6) is 0.364. The van der Waals surface area contributed by atoms with Gasteiger partial charge in [-0.15, -0.1) is 0 Å². The fourth-order valence-electron chi connectivity index (χ4n) is 0.716. The minimum atomic E-state index is -0.953. The highest BCUT2D eigenvalue weighted by atomic mass is 16.5. The fraction of sp³-hybridized carbons (Fsp3) is 0.556. The van der Waals surface area contributed by atoms with E-state index in [0.717, 1.165) is 0 Å². The lowest BCUT2D eigenvalue weighted by molar-refractivity contribution is 0.0211. The molecular weight excluding hydrogens is 156 g/mol. The van der Waals surface area contributed by atoms with Gasteiger partial charge >= 0.3 is 0 Å². The molecule has 2 N–H and O–H groups in total. The van der Waals surface area contributed by atoms with E-state index >= 15 is 0 Å². The molecular formula is C9H16O3. The van der Waals surface area contributed by atoms with E-state index in [1.165, 1.54) is 14.0 Å². The Kier molecular flexibility index (Phi) is 5.41. The second kappa shape index (κ2) is 5.80. The average molecular weight is 172 g/mol. The third-order valence-corrected chi connectivity index (χ3v) is 1.44. The third-order valence-electron chi connectivity index (χ3n) is 1.44. The molecule has 0 rings (SSSR count). The van der Waals surface area contributed by atoms with Crippen LogP contribution in [0.4, 0.5) is 0 Å². The lowest BCUT2D eigenvalue weighted by Gasteiger charge is -2.15. The summed E-state index contributed by atoms with van der Waals surface area (Å²) in [6.45, 7) is 3.37. The Morgan fingerprint density at radius 3 is 2.33 bits per heavy atom. The summed E-state index contributed by atoms with van der Waals surface area (Å²) in [6.07, 6.45) is 3.41. The monoisotopic (exact) mass is 172 g/mol. The summed E-state index contributed by atoms with van der Waals surface area (Å²) in [4.78, 5) is 0. The van der Waals surface area contributed by atoms with Crippen molar-refractivity contribution in [1.29, 1.82) is 0 Å². The maximum absolute atomic E-state index is 9.34. The van der Waals surface area contributed by atoms with Gasteiger partial charge in [0, 0.05) is 0 Å². The molecule has 70 valence electrons. The van der Waals surface area contributed by atoms with Crippen molar-refractivity contribution in [1.82, 2.24) is 0 Å². The number of hydrogen-bond donors (Lipinski definition) is 2. The zero-order chi connectivity index (χ0) is 9.56. The number of hydrogen-bond acceptors (Lipinski definition) is 3. The van der Waals surface area contributed by atoms with E-state index in [-0.39, 0.29) is 0 Å². The molecule has 0 radical (unpaired) electrons. The highest BCUT2D eigenvalue weighted by Gasteiger charge is 2.15. The third kappa shape index (κ3) is 3.55. The van der Waals surface area contributed by atoms with Crippen LogP contribution >= 0.6 is 0 Å². The molecule has 0 fully saturated rings. The molecule has 0 spiro atoms. The first-order valence-electron chi connectivity index (χ1n) is 3.86. The molecule has 0 heterocycles. The molecule has 0 aromatic heterocycles. The van der Waals surface area contributed by atoms with Crippen LogP contribution in [0.1, 0.15) is 13.8 Å². The molecule has 3 heteroatoms. The second-order valence-electron chi connectivity index (χ2n) is 2.48. The van der Waals surface area contributed by atoms with Crippen molar-refractivity contribution in [2.45, 2.75) is 26.1 Å². The lowest BCUT2D eigenvalue weighted by Crippen LogP contribution is -2.25. The topological polar surface area (TPSA) is 49.7 Å². The van der Waals surface area contributed by atoms with Gasteiger partial charge in [-0.2, -0.15) is 0 Å². The second-order valence-corrected chi connectivity index (χ2v) is 2.48. The molecule has 0 aliphatic carbocycles. The highest BCUT2D eigenvalue weighted by Crippen LogP contribution is 2.07. The number of aliphatic hydroxyl groups excluding tert-OH is 2. The van der Waals surface area contributed by atoms with Crippen molar-refractivity contribution in [3.8, 4) is 0 Å². The predicted octanol–water partition coefficient (Wildman–Crippen LogP) is 0.835. The van der Waals surface area contributed by atoms with Crippen LogP contribution in [0.15, 0.2) is 24.0 Å². The molecule has 0 aromatic carbocycles. The molecule has 0 aliphatic heterocycles. The Hall–Kier alpha value is -0.800. The SMILES string of the molecule is CC=CC=C(OC)C(O)C(C)O. The molecule has 0 saturated carbocycles. The van der Waals surface area contributed by atoms with Crippen LogP contribution in [0, 0.1) is 0 Å². The van der Waals surface area contributed by atoms with Gasteiger partial charge in [-0.25, -0.2) is 0 Å². The lowest BCUT2D eigenvalue weighted by atomic mass is 10.2. The molecule has 2 atom stereocenters. The minimum absolute atomic E-state index is 0.364. The maximum Gasteiger partial charge on any atom is 0.136 e. The Morgan fingerprint density at radius 2 is 2.00 bits per heavy atom. The molecule has 3 nitrogen and oxygen atoms in total. The molecule has 0 bridgehead atoms. The molecule has 0 saturated heterocycles. The van der Waals surface area contributed by atoms with E-state index in [0.29, 0.717) is 5.76 Å².